The van der Waals surface area contributed by atoms with Gasteiger partial charge in [0.1, 0.15) is 6.04 Å². The summed E-state index contributed by atoms with van der Waals surface area (Å²) in [6.45, 7) is 1.24. The van der Waals surface area contributed by atoms with Crippen molar-refractivity contribution in [3.8, 4) is 0 Å². The van der Waals surface area contributed by atoms with Crippen molar-refractivity contribution in [2.75, 3.05) is 11.9 Å². The van der Waals surface area contributed by atoms with Crippen molar-refractivity contribution in [2.24, 2.45) is 5.73 Å². The molecule has 0 saturated heterocycles. The molecule has 0 fully saturated rings. The van der Waals surface area contributed by atoms with Gasteiger partial charge < -0.3 is 16.2 Å². The zero-order valence-corrected chi connectivity index (χ0v) is 10.3. The lowest BCUT2D eigenvalue weighted by atomic mass is 10.1. The number of para-hydroxylation sites is 1. The van der Waals surface area contributed by atoms with E-state index in [9.17, 15) is 14.4 Å². The summed E-state index contributed by atoms with van der Waals surface area (Å²) in [7, 11) is 0. The van der Waals surface area contributed by atoms with Gasteiger partial charge in [0, 0.05) is 0 Å². The molecule has 1 rings (SSSR count). The van der Waals surface area contributed by atoms with Crippen LogP contribution in [0.15, 0.2) is 24.3 Å². The minimum absolute atomic E-state index is 0.180. The monoisotopic (exact) mass is 265 g/mol. The molecule has 0 aliphatic rings. The maximum atomic E-state index is 11.6. The van der Waals surface area contributed by atoms with Gasteiger partial charge in [0.2, 0.25) is 5.91 Å². The Kier molecular flexibility index (Phi) is 5.01. The number of amides is 2. The Morgan fingerprint density at radius 2 is 1.95 bits per heavy atom. The number of aliphatic carboxylic acids is 1. The average Bonchev–Trinajstić information content (AvgIpc) is 2.36. The Balaban J connectivity index is 2.63. The summed E-state index contributed by atoms with van der Waals surface area (Å²) in [5.74, 6) is -2.16. The van der Waals surface area contributed by atoms with E-state index in [2.05, 4.69) is 10.6 Å². The molecule has 2 amide bonds. The van der Waals surface area contributed by atoms with Crippen LogP contribution in [0, 0.1) is 0 Å². The number of rotatable bonds is 6. The van der Waals surface area contributed by atoms with Crippen LogP contribution in [0.25, 0.3) is 0 Å². The molecule has 102 valence electrons. The van der Waals surface area contributed by atoms with Crippen molar-refractivity contribution < 1.29 is 19.5 Å². The van der Waals surface area contributed by atoms with Crippen LogP contribution in [-0.2, 0) is 9.59 Å². The van der Waals surface area contributed by atoms with Crippen LogP contribution in [0.3, 0.4) is 0 Å². The van der Waals surface area contributed by atoms with E-state index in [0.29, 0.717) is 5.69 Å². The summed E-state index contributed by atoms with van der Waals surface area (Å²) < 4.78 is 0. The van der Waals surface area contributed by atoms with E-state index >= 15 is 0 Å². The first-order valence-corrected chi connectivity index (χ1v) is 5.56. The van der Waals surface area contributed by atoms with Crippen LogP contribution < -0.4 is 16.4 Å². The standard InChI is InChI=1S/C12H15N3O4/c1-7(12(18)19)14-6-10(16)15-9-5-3-2-4-8(9)11(13)17/h2-5,7,14H,6H2,1H3,(H2,13,17)(H,15,16)(H,18,19)/t7-/m0/s1. The Labute approximate surface area is 109 Å². The van der Waals surface area contributed by atoms with Gasteiger partial charge in [-0.2, -0.15) is 0 Å². The van der Waals surface area contributed by atoms with Crippen molar-refractivity contribution in [3.05, 3.63) is 29.8 Å². The number of hydrogen-bond acceptors (Lipinski definition) is 4. The van der Waals surface area contributed by atoms with E-state index in [1.807, 2.05) is 0 Å². The van der Waals surface area contributed by atoms with Gasteiger partial charge in [-0.25, -0.2) is 0 Å². The second-order valence-electron chi connectivity index (χ2n) is 3.90. The number of carboxylic acid groups (broad SMARTS) is 1. The molecule has 0 aliphatic heterocycles. The van der Waals surface area contributed by atoms with E-state index in [0.717, 1.165) is 0 Å². The molecule has 1 atom stereocenters. The third kappa shape index (κ3) is 4.40. The summed E-state index contributed by atoms with van der Waals surface area (Å²) in [4.78, 5) is 33.3. The number of primary amides is 1. The zero-order chi connectivity index (χ0) is 14.4. The fraction of sp³-hybridized carbons (Fsp3) is 0.250. The average molecular weight is 265 g/mol. The Hall–Kier alpha value is -2.41. The zero-order valence-electron chi connectivity index (χ0n) is 10.3. The second-order valence-corrected chi connectivity index (χ2v) is 3.90. The number of anilines is 1. The van der Waals surface area contributed by atoms with Gasteiger partial charge in [0.25, 0.3) is 5.91 Å². The highest BCUT2D eigenvalue weighted by molar-refractivity contribution is 6.03. The highest BCUT2D eigenvalue weighted by Gasteiger charge is 2.13. The minimum Gasteiger partial charge on any atom is -0.480 e. The van der Waals surface area contributed by atoms with E-state index < -0.39 is 23.8 Å². The minimum atomic E-state index is -1.05. The number of carbonyl (C=O) groups excluding carboxylic acids is 2. The van der Waals surface area contributed by atoms with Crippen molar-refractivity contribution in [1.82, 2.24) is 5.32 Å². The maximum Gasteiger partial charge on any atom is 0.320 e. The molecule has 7 heteroatoms. The normalized spacial score (nSPS) is 11.6. The molecule has 1 aromatic carbocycles. The first-order valence-electron chi connectivity index (χ1n) is 5.56. The number of benzene rings is 1. The summed E-state index contributed by atoms with van der Waals surface area (Å²) in [6, 6.07) is 5.47. The molecular formula is C12H15N3O4. The number of hydrogen-bond donors (Lipinski definition) is 4. The van der Waals surface area contributed by atoms with E-state index in [4.69, 9.17) is 10.8 Å². The van der Waals surface area contributed by atoms with Gasteiger partial charge in [-0.3, -0.25) is 19.7 Å². The Morgan fingerprint density at radius 1 is 1.32 bits per heavy atom. The number of carboxylic acids is 1. The maximum absolute atomic E-state index is 11.6. The summed E-state index contributed by atoms with van der Waals surface area (Å²) >= 11 is 0. The molecule has 19 heavy (non-hydrogen) atoms. The van der Waals surface area contributed by atoms with Gasteiger partial charge in [-0.15, -0.1) is 0 Å². The van der Waals surface area contributed by atoms with E-state index in [1.165, 1.54) is 13.0 Å². The van der Waals surface area contributed by atoms with Crippen LogP contribution in [-0.4, -0.2) is 35.5 Å². The third-order valence-corrected chi connectivity index (χ3v) is 2.41. The Morgan fingerprint density at radius 3 is 2.53 bits per heavy atom. The van der Waals surface area contributed by atoms with Crippen LogP contribution in [0.2, 0.25) is 0 Å². The van der Waals surface area contributed by atoms with E-state index in [1.54, 1.807) is 18.2 Å². The molecule has 0 unspecified atom stereocenters. The molecule has 0 radical (unpaired) electrons. The summed E-state index contributed by atoms with van der Waals surface area (Å²) in [6.07, 6.45) is 0. The van der Waals surface area contributed by atoms with Gasteiger partial charge in [0.15, 0.2) is 0 Å². The lowest BCUT2D eigenvalue weighted by molar-refractivity contribution is -0.139. The molecular weight excluding hydrogens is 250 g/mol. The predicted molar refractivity (Wildman–Crippen MR) is 68.7 cm³/mol. The highest BCUT2D eigenvalue weighted by atomic mass is 16.4. The first kappa shape index (κ1) is 14.7. The fourth-order valence-electron chi connectivity index (χ4n) is 1.33. The molecule has 0 saturated carbocycles. The molecule has 0 aromatic heterocycles. The fourth-order valence-corrected chi connectivity index (χ4v) is 1.33. The molecule has 0 bridgehead atoms. The van der Waals surface area contributed by atoms with Crippen molar-refractivity contribution in [3.63, 3.8) is 0 Å². The second kappa shape index (κ2) is 6.50. The van der Waals surface area contributed by atoms with Crippen molar-refractivity contribution >= 4 is 23.5 Å². The first-order chi connectivity index (χ1) is 8.91. The molecule has 5 N–H and O–H groups in total. The number of nitrogens with one attached hydrogen (secondary N) is 2. The van der Waals surface area contributed by atoms with Crippen LogP contribution in [0.4, 0.5) is 5.69 Å². The molecule has 7 nitrogen and oxygen atoms in total. The van der Waals surface area contributed by atoms with Crippen molar-refractivity contribution in [1.29, 1.82) is 0 Å². The van der Waals surface area contributed by atoms with Crippen LogP contribution in [0.5, 0.6) is 0 Å². The predicted octanol–water partition coefficient (Wildman–Crippen LogP) is -0.213. The summed E-state index contributed by atoms with van der Waals surface area (Å²) in [5.41, 5.74) is 5.66. The number of carbonyl (C=O) groups is 3. The van der Waals surface area contributed by atoms with Gasteiger partial charge >= 0.3 is 5.97 Å². The third-order valence-electron chi connectivity index (χ3n) is 2.41. The largest absolute Gasteiger partial charge is 0.480 e. The summed E-state index contributed by atoms with van der Waals surface area (Å²) in [5, 5.41) is 13.7. The van der Waals surface area contributed by atoms with Gasteiger partial charge in [-0.1, -0.05) is 12.1 Å². The lowest BCUT2D eigenvalue weighted by Crippen LogP contribution is -2.39. The van der Waals surface area contributed by atoms with Gasteiger partial charge in [0.05, 0.1) is 17.8 Å². The smallest absolute Gasteiger partial charge is 0.320 e. The molecule has 0 aliphatic carbocycles. The number of nitrogens with two attached hydrogens (primary N) is 1. The molecule has 0 spiro atoms. The SMILES string of the molecule is C[C@H](NCC(=O)Nc1ccccc1C(N)=O)C(=O)O. The highest BCUT2D eigenvalue weighted by Crippen LogP contribution is 2.13. The lowest BCUT2D eigenvalue weighted by Gasteiger charge is -2.11. The van der Waals surface area contributed by atoms with Crippen LogP contribution in [0.1, 0.15) is 17.3 Å². The van der Waals surface area contributed by atoms with Gasteiger partial charge in [-0.05, 0) is 19.1 Å². The quantitative estimate of drug-likeness (QED) is 0.567. The topological polar surface area (TPSA) is 122 Å². The molecule has 0 heterocycles. The molecule has 1 aromatic rings. The van der Waals surface area contributed by atoms with Crippen molar-refractivity contribution in [2.45, 2.75) is 13.0 Å². The van der Waals surface area contributed by atoms with Crippen LogP contribution >= 0.6 is 0 Å². The Bertz CT molecular complexity index is 502. The van der Waals surface area contributed by atoms with E-state index in [-0.39, 0.29) is 12.1 Å².